The number of carbonyl (C=O) groups excluding carboxylic acids is 1. The molecule has 2 heterocycles. The molecule has 4 rings (SSSR count). The number of fused-ring (bicyclic) bond motifs is 1. The summed E-state index contributed by atoms with van der Waals surface area (Å²) in [5.41, 5.74) is 1.79. The normalized spacial score (nSPS) is 14.3. The Morgan fingerprint density at radius 2 is 1.94 bits per heavy atom. The van der Waals surface area contributed by atoms with E-state index in [1.807, 2.05) is 30.3 Å². The zero-order valence-electron chi connectivity index (χ0n) is 18.3. The highest BCUT2D eigenvalue weighted by Crippen LogP contribution is 2.28. The van der Waals surface area contributed by atoms with Gasteiger partial charge in [-0.1, -0.05) is 18.2 Å². The summed E-state index contributed by atoms with van der Waals surface area (Å²) in [6.07, 6.45) is 2.02. The smallest absolute Gasteiger partial charge is 0.261 e. The van der Waals surface area contributed by atoms with Gasteiger partial charge in [-0.2, -0.15) is 5.26 Å². The Balaban J connectivity index is 1.16. The molecule has 1 fully saturated rings. The maximum Gasteiger partial charge on any atom is 0.261 e. The van der Waals surface area contributed by atoms with Crippen LogP contribution in [0, 0.1) is 11.3 Å². The largest absolute Gasteiger partial charge is 0.495 e. The summed E-state index contributed by atoms with van der Waals surface area (Å²) in [5, 5.41) is 13.1. The summed E-state index contributed by atoms with van der Waals surface area (Å²) in [7, 11) is 1.72. The van der Waals surface area contributed by atoms with Gasteiger partial charge >= 0.3 is 0 Å². The molecule has 6 nitrogen and oxygen atoms in total. The second kappa shape index (κ2) is 10.5. The van der Waals surface area contributed by atoms with Crippen molar-refractivity contribution in [2.75, 3.05) is 51.3 Å². The number of ether oxygens (including phenoxy) is 1. The van der Waals surface area contributed by atoms with Gasteiger partial charge in [0.1, 0.15) is 5.75 Å². The van der Waals surface area contributed by atoms with Gasteiger partial charge in [-0.3, -0.25) is 9.69 Å². The summed E-state index contributed by atoms with van der Waals surface area (Å²) in [4.78, 5) is 18.0. The quantitative estimate of drug-likeness (QED) is 0.525. The minimum absolute atomic E-state index is 0.0323. The maximum absolute atomic E-state index is 12.5. The number of rotatable bonds is 8. The van der Waals surface area contributed by atoms with Crippen molar-refractivity contribution in [1.29, 1.82) is 5.26 Å². The van der Waals surface area contributed by atoms with Crippen LogP contribution in [0.1, 0.15) is 28.1 Å². The number of nitriles is 1. The molecule has 1 aliphatic rings. The highest BCUT2D eigenvalue weighted by Gasteiger charge is 2.19. The van der Waals surface area contributed by atoms with Crippen LogP contribution in [0.25, 0.3) is 10.1 Å². The van der Waals surface area contributed by atoms with Crippen molar-refractivity contribution in [3.63, 3.8) is 0 Å². The Kier molecular flexibility index (Phi) is 7.25. The van der Waals surface area contributed by atoms with E-state index in [4.69, 9.17) is 10.00 Å². The predicted octanol–water partition coefficient (Wildman–Crippen LogP) is 4.11. The van der Waals surface area contributed by atoms with Crippen molar-refractivity contribution in [3.8, 4) is 11.8 Å². The molecular weight excluding hydrogens is 420 g/mol. The molecule has 0 aliphatic carbocycles. The highest BCUT2D eigenvalue weighted by molar-refractivity contribution is 7.20. The van der Waals surface area contributed by atoms with Crippen LogP contribution in [0.4, 0.5) is 5.69 Å². The second-order valence-electron chi connectivity index (χ2n) is 7.94. The topological polar surface area (TPSA) is 68.6 Å². The molecule has 1 aliphatic heterocycles. The first kappa shape index (κ1) is 22.1. The predicted molar refractivity (Wildman–Crippen MR) is 130 cm³/mol. The van der Waals surface area contributed by atoms with E-state index in [-0.39, 0.29) is 5.91 Å². The number of piperazine rings is 1. The number of para-hydroxylation sites is 2. The molecule has 1 aromatic heterocycles. The van der Waals surface area contributed by atoms with Crippen LogP contribution in [-0.4, -0.2) is 57.2 Å². The maximum atomic E-state index is 12.5. The third-order valence-corrected chi connectivity index (χ3v) is 6.95. The third-order valence-electron chi connectivity index (χ3n) is 5.86. The fourth-order valence-corrected chi connectivity index (χ4v) is 5.08. The van der Waals surface area contributed by atoms with Gasteiger partial charge < -0.3 is 15.0 Å². The van der Waals surface area contributed by atoms with Crippen molar-refractivity contribution in [1.82, 2.24) is 10.2 Å². The number of benzene rings is 2. The van der Waals surface area contributed by atoms with Gasteiger partial charge in [0.25, 0.3) is 5.91 Å². The summed E-state index contributed by atoms with van der Waals surface area (Å²) < 4.78 is 6.47. The SMILES string of the molecule is COc1ccccc1N1CCN(CCCCNC(=O)c2cc3ccc(C#N)cc3s2)CC1. The monoisotopic (exact) mass is 448 g/mol. The lowest BCUT2D eigenvalue weighted by Crippen LogP contribution is -2.46. The first-order valence-electron chi connectivity index (χ1n) is 11.0. The van der Waals surface area contributed by atoms with Crippen molar-refractivity contribution in [2.24, 2.45) is 0 Å². The molecule has 0 spiro atoms. The Bertz CT molecular complexity index is 1110. The van der Waals surface area contributed by atoms with Crippen LogP contribution >= 0.6 is 11.3 Å². The number of amides is 1. The number of methoxy groups -OCH3 is 1. The zero-order chi connectivity index (χ0) is 22.3. The molecule has 0 bridgehead atoms. The molecule has 0 radical (unpaired) electrons. The van der Waals surface area contributed by atoms with Crippen LogP contribution in [0.15, 0.2) is 48.5 Å². The van der Waals surface area contributed by atoms with Gasteiger partial charge in [0, 0.05) is 37.4 Å². The Labute approximate surface area is 193 Å². The van der Waals surface area contributed by atoms with Gasteiger partial charge in [0.2, 0.25) is 0 Å². The molecule has 3 aromatic rings. The number of nitrogens with one attached hydrogen (secondary N) is 1. The van der Waals surface area contributed by atoms with Gasteiger partial charge in [0.15, 0.2) is 0 Å². The number of unbranched alkanes of at least 4 members (excludes halogenated alkanes) is 1. The summed E-state index contributed by atoms with van der Waals surface area (Å²) in [5.74, 6) is 0.899. The highest BCUT2D eigenvalue weighted by atomic mass is 32.1. The summed E-state index contributed by atoms with van der Waals surface area (Å²) in [6, 6.07) is 17.8. The van der Waals surface area contributed by atoms with Gasteiger partial charge in [-0.05, 0) is 55.1 Å². The van der Waals surface area contributed by atoms with E-state index in [0.717, 1.165) is 61.4 Å². The first-order chi connectivity index (χ1) is 15.7. The van der Waals surface area contributed by atoms with Crippen molar-refractivity contribution < 1.29 is 9.53 Å². The van der Waals surface area contributed by atoms with Crippen LogP contribution < -0.4 is 15.0 Å². The number of anilines is 1. The molecule has 1 amide bonds. The van der Waals surface area contributed by atoms with Gasteiger partial charge in [-0.15, -0.1) is 11.3 Å². The molecule has 166 valence electrons. The van der Waals surface area contributed by atoms with E-state index in [9.17, 15) is 4.79 Å². The number of carbonyl (C=O) groups is 1. The van der Waals surface area contributed by atoms with Crippen molar-refractivity contribution in [3.05, 3.63) is 59.0 Å². The molecule has 0 saturated carbocycles. The van der Waals surface area contributed by atoms with Gasteiger partial charge in [-0.25, -0.2) is 0 Å². The molecular formula is C25H28N4O2S. The molecule has 0 unspecified atom stereocenters. The summed E-state index contributed by atoms with van der Waals surface area (Å²) >= 11 is 1.44. The fourth-order valence-electron chi connectivity index (χ4n) is 4.07. The molecule has 1 saturated heterocycles. The van der Waals surface area contributed by atoms with E-state index < -0.39 is 0 Å². The lowest BCUT2D eigenvalue weighted by atomic mass is 10.2. The second-order valence-corrected chi connectivity index (χ2v) is 9.02. The fraction of sp³-hybridized carbons (Fsp3) is 0.360. The molecule has 2 aromatic carbocycles. The number of thiophene rings is 1. The number of hydrogen-bond acceptors (Lipinski definition) is 6. The van der Waals surface area contributed by atoms with Crippen LogP contribution in [-0.2, 0) is 0 Å². The first-order valence-corrected chi connectivity index (χ1v) is 11.8. The van der Waals surface area contributed by atoms with Crippen molar-refractivity contribution >= 4 is 33.0 Å². The zero-order valence-corrected chi connectivity index (χ0v) is 19.2. The average Bonchev–Trinajstić information content (AvgIpc) is 3.27. The Morgan fingerprint density at radius 1 is 1.12 bits per heavy atom. The van der Waals surface area contributed by atoms with Crippen LogP contribution in [0.5, 0.6) is 5.75 Å². The van der Waals surface area contributed by atoms with E-state index >= 15 is 0 Å². The number of hydrogen-bond donors (Lipinski definition) is 1. The van der Waals surface area contributed by atoms with E-state index in [0.29, 0.717) is 17.0 Å². The number of nitrogens with zero attached hydrogens (tertiary/aromatic N) is 3. The molecule has 32 heavy (non-hydrogen) atoms. The van der Waals surface area contributed by atoms with Crippen LogP contribution in [0.2, 0.25) is 0 Å². The third kappa shape index (κ3) is 5.21. The summed E-state index contributed by atoms with van der Waals surface area (Å²) in [6.45, 7) is 5.80. The van der Waals surface area contributed by atoms with E-state index in [1.165, 1.54) is 17.0 Å². The lowest BCUT2D eigenvalue weighted by molar-refractivity contribution is 0.0956. The Morgan fingerprint density at radius 3 is 2.72 bits per heavy atom. The van der Waals surface area contributed by atoms with Crippen molar-refractivity contribution in [2.45, 2.75) is 12.8 Å². The standard InChI is InChI=1S/C25H28N4O2S/c1-31-22-7-3-2-6-21(22)29-14-12-28(13-15-29)11-5-4-10-27-25(30)24-17-20-9-8-19(18-26)16-23(20)32-24/h2-3,6-9,16-17H,4-5,10-15H2,1H3,(H,27,30). The van der Waals surface area contributed by atoms with E-state index in [1.54, 1.807) is 13.2 Å². The van der Waals surface area contributed by atoms with Gasteiger partial charge in [0.05, 0.1) is 29.3 Å². The molecule has 7 heteroatoms. The molecule has 1 N–H and O–H groups in total. The Hall–Kier alpha value is -3.08. The minimum atomic E-state index is -0.0323. The minimum Gasteiger partial charge on any atom is -0.495 e. The van der Waals surface area contributed by atoms with Crippen LogP contribution in [0.3, 0.4) is 0 Å². The van der Waals surface area contributed by atoms with E-state index in [2.05, 4.69) is 33.3 Å². The molecule has 0 atom stereocenters. The average molecular weight is 449 g/mol. The lowest BCUT2D eigenvalue weighted by Gasteiger charge is -2.36.